The lowest BCUT2D eigenvalue weighted by atomic mass is 9.67. The van der Waals surface area contributed by atoms with Crippen LogP contribution in [0.3, 0.4) is 0 Å². The highest BCUT2D eigenvalue weighted by Crippen LogP contribution is 2.47. The molecule has 1 amide bonds. The van der Waals surface area contributed by atoms with Gasteiger partial charge >= 0.3 is 5.97 Å². The van der Waals surface area contributed by atoms with E-state index in [0.717, 1.165) is 38.9 Å². The molecule has 5 aromatic rings. The van der Waals surface area contributed by atoms with Gasteiger partial charge in [-0.05, 0) is 38.9 Å². The van der Waals surface area contributed by atoms with Crippen LogP contribution in [0.25, 0.3) is 11.1 Å². The second-order valence-electron chi connectivity index (χ2n) is 10.2. The monoisotopic (exact) mass is 523 g/mol. The standard InChI is InChI=1S/C36H29NO3/c38-32(37-34(35(39)40)33-30-22-12-10-20-28(30)29-21-11-13-23-31(29)33)24-36(25-14-4-1-5-15-25,26-16-6-2-7-17-26)27-18-8-3-9-19-27/h1-23,33-34H,24H2,(H,37,38)(H,39,40)/t34-/m1/s1. The molecular weight excluding hydrogens is 494 g/mol. The third-order valence-electron chi connectivity index (χ3n) is 8.02. The number of hydrogen-bond acceptors (Lipinski definition) is 2. The van der Waals surface area contributed by atoms with Crippen molar-refractivity contribution in [2.45, 2.75) is 23.8 Å². The van der Waals surface area contributed by atoms with Gasteiger partial charge in [0.15, 0.2) is 0 Å². The molecule has 0 bridgehead atoms. The van der Waals surface area contributed by atoms with Crippen molar-refractivity contribution >= 4 is 11.9 Å². The van der Waals surface area contributed by atoms with Gasteiger partial charge in [0.05, 0.1) is 5.41 Å². The van der Waals surface area contributed by atoms with Crippen LogP contribution in [-0.2, 0) is 15.0 Å². The van der Waals surface area contributed by atoms with Gasteiger partial charge in [-0.2, -0.15) is 0 Å². The maximum absolute atomic E-state index is 14.1. The van der Waals surface area contributed by atoms with E-state index in [9.17, 15) is 14.7 Å². The van der Waals surface area contributed by atoms with Crippen LogP contribution in [0.4, 0.5) is 0 Å². The van der Waals surface area contributed by atoms with Gasteiger partial charge in [0.1, 0.15) is 6.04 Å². The SMILES string of the molecule is O=C(CC(c1ccccc1)(c1ccccc1)c1ccccc1)N[C@@H](C(=O)O)C1c2ccccc2-c2ccccc21. The third kappa shape index (κ3) is 4.38. The summed E-state index contributed by atoms with van der Waals surface area (Å²) in [6.07, 6.45) is 0.0465. The summed E-state index contributed by atoms with van der Waals surface area (Å²) in [6, 6.07) is 44.5. The van der Waals surface area contributed by atoms with Crippen molar-refractivity contribution in [3.05, 3.63) is 167 Å². The minimum absolute atomic E-state index is 0.0465. The first-order valence-corrected chi connectivity index (χ1v) is 13.5. The topological polar surface area (TPSA) is 66.4 Å². The molecule has 1 aliphatic carbocycles. The highest BCUT2D eigenvalue weighted by atomic mass is 16.4. The van der Waals surface area contributed by atoms with Crippen LogP contribution in [0.1, 0.15) is 40.2 Å². The van der Waals surface area contributed by atoms with E-state index in [1.165, 1.54) is 0 Å². The number of amides is 1. The van der Waals surface area contributed by atoms with E-state index in [2.05, 4.69) is 5.32 Å². The number of carboxylic acids is 1. The summed E-state index contributed by atoms with van der Waals surface area (Å²) >= 11 is 0. The van der Waals surface area contributed by atoms with Crippen molar-refractivity contribution in [2.24, 2.45) is 0 Å². The lowest BCUT2D eigenvalue weighted by Crippen LogP contribution is -2.47. The first-order chi connectivity index (χ1) is 19.6. The Morgan fingerprint density at radius 1 is 0.600 bits per heavy atom. The van der Waals surface area contributed by atoms with Crippen molar-refractivity contribution in [3.8, 4) is 11.1 Å². The van der Waals surface area contributed by atoms with Crippen molar-refractivity contribution in [1.82, 2.24) is 5.32 Å². The highest BCUT2D eigenvalue weighted by molar-refractivity contribution is 5.89. The lowest BCUT2D eigenvalue weighted by molar-refractivity contribution is -0.142. The number of aliphatic carboxylic acids is 1. The van der Waals surface area contributed by atoms with E-state index in [-0.39, 0.29) is 12.3 Å². The normalized spacial score (nSPS) is 13.2. The number of nitrogens with one attached hydrogen (secondary N) is 1. The molecule has 2 N–H and O–H groups in total. The fourth-order valence-corrected chi connectivity index (χ4v) is 6.28. The van der Waals surface area contributed by atoms with Crippen LogP contribution in [0, 0.1) is 0 Å². The molecule has 4 heteroatoms. The van der Waals surface area contributed by atoms with Gasteiger partial charge in [-0.3, -0.25) is 4.79 Å². The molecule has 0 unspecified atom stereocenters. The third-order valence-corrected chi connectivity index (χ3v) is 8.02. The summed E-state index contributed by atoms with van der Waals surface area (Å²) in [7, 11) is 0. The first-order valence-electron chi connectivity index (χ1n) is 13.5. The first kappa shape index (κ1) is 25.3. The summed E-state index contributed by atoms with van der Waals surface area (Å²) in [4.78, 5) is 26.9. The molecule has 6 rings (SSSR count). The zero-order valence-electron chi connectivity index (χ0n) is 21.9. The highest BCUT2D eigenvalue weighted by Gasteiger charge is 2.42. The maximum Gasteiger partial charge on any atom is 0.327 e. The van der Waals surface area contributed by atoms with Gasteiger partial charge in [-0.15, -0.1) is 0 Å². The Balaban J connectivity index is 1.43. The predicted octanol–water partition coefficient (Wildman–Crippen LogP) is 6.79. The van der Waals surface area contributed by atoms with E-state index in [1.54, 1.807) is 0 Å². The Labute approximate surface area is 234 Å². The van der Waals surface area contributed by atoms with Crippen LogP contribution in [0.15, 0.2) is 140 Å². The van der Waals surface area contributed by atoms with Gasteiger partial charge in [0.25, 0.3) is 0 Å². The fourth-order valence-electron chi connectivity index (χ4n) is 6.28. The number of hydrogen-bond donors (Lipinski definition) is 2. The van der Waals surface area contributed by atoms with E-state index in [4.69, 9.17) is 0 Å². The van der Waals surface area contributed by atoms with Crippen LogP contribution in [0.5, 0.6) is 0 Å². The average molecular weight is 524 g/mol. The number of benzene rings is 5. The fraction of sp³-hybridized carbons (Fsp3) is 0.111. The Morgan fingerprint density at radius 2 is 0.975 bits per heavy atom. The minimum Gasteiger partial charge on any atom is -0.480 e. The second kappa shape index (κ2) is 10.7. The van der Waals surface area contributed by atoms with Crippen molar-refractivity contribution in [2.75, 3.05) is 0 Å². The number of fused-ring (bicyclic) bond motifs is 3. The molecule has 0 spiro atoms. The molecule has 0 heterocycles. The molecule has 0 saturated carbocycles. The Kier molecular flexibility index (Phi) is 6.75. The van der Waals surface area contributed by atoms with E-state index in [1.807, 2.05) is 140 Å². The number of carbonyl (C=O) groups excluding carboxylic acids is 1. The Hall–Kier alpha value is -4.96. The van der Waals surface area contributed by atoms with Crippen LogP contribution in [0.2, 0.25) is 0 Å². The van der Waals surface area contributed by atoms with Crippen molar-refractivity contribution < 1.29 is 14.7 Å². The molecule has 5 aromatic carbocycles. The quantitative estimate of drug-likeness (QED) is 0.220. The molecule has 1 aliphatic rings. The van der Waals surface area contributed by atoms with E-state index in [0.29, 0.717) is 0 Å². The predicted molar refractivity (Wildman–Crippen MR) is 157 cm³/mol. The summed E-state index contributed by atoms with van der Waals surface area (Å²) in [6.45, 7) is 0. The van der Waals surface area contributed by atoms with Gasteiger partial charge in [-0.25, -0.2) is 4.79 Å². The molecule has 0 aromatic heterocycles. The zero-order chi connectivity index (χ0) is 27.5. The Bertz CT molecular complexity index is 1510. The second-order valence-corrected chi connectivity index (χ2v) is 10.2. The van der Waals surface area contributed by atoms with E-state index < -0.39 is 23.3 Å². The molecular formula is C36H29NO3. The van der Waals surface area contributed by atoms with Crippen LogP contribution in [-0.4, -0.2) is 23.0 Å². The minimum atomic E-state index is -1.13. The molecule has 0 aliphatic heterocycles. The van der Waals surface area contributed by atoms with Crippen molar-refractivity contribution in [1.29, 1.82) is 0 Å². The number of carbonyl (C=O) groups is 2. The average Bonchev–Trinajstić information content (AvgIpc) is 3.34. The molecule has 0 radical (unpaired) electrons. The van der Waals surface area contributed by atoms with Crippen LogP contribution < -0.4 is 5.32 Å². The number of rotatable bonds is 8. The molecule has 0 saturated heterocycles. The number of carboxylic acid groups (broad SMARTS) is 1. The molecule has 196 valence electrons. The van der Waals surface area contributed by atoms with Gasteiger partial charge in [-0.1, -0.05) is 140 Å². The molecule has 4 nitrogen and oxygen atoms in total. The van der Waals surface area contributed by atoms with Crippen LogP contribution >= 0.6 is 0 Å². The van der Waals surface area contributed by atoms with Crippen molar-refractivity contribution in [3.63, 3.8) is 0 Å². The largest absolute Gasteiger partial charge is 0.480 e. The summed E-state index contributed by atoms with van der Waals surface area (Å²) < 4.78 is 0. The molecule has 0 fully saturated rings. The molecule has 1 atom stereocenters. The summed E-state index contributed by atoms with van der Waals surface area (Å²) in [5.41, 5.74) is 5.92. The van der Waals surface area contributed by atoms with Gasteiger partial charge in [0, 0.05) is 12.3 Å². The lowest BCUT2D eigenvalue weighted by Gasteiger charge is -2.36. The Morgan fingerprint density at radius 3 is 1.38 bits per heavy atom. The van der Waals surface area contributed by atoms with Gasteiger partial charge in [0.2, 0.25) is 5.91 Å². The maximum atomic E-state index is 14.1. The summed E-state index contributed by atoms with van der Waals surface area (Å²) in [5, 5.41) is 13.4. The smallest absolute Gasteiger partial charge is 0.327 e. The van der Waals surface area contributed by atoms with E-state index >= 15 is 0 Å². The van der Waals surface area contributed by atoms with Gasteiger partial charge < -0.3 is 10.4 Å². The molecule has 40 heavy (non-hydrogen) atoms. The zero-order valence-corrected chi connectivity index (χ0v) is 21.9. The summed E-state index contributed by atoms with van der Waals surface area (Å²) in [5.74, 6) is -1.88.